The van der Waals surface area contributed by atoms with Crippen molar-refractivity contribution < 1.29 is 14.6 Å². The molecule has 0 aliphatic rings. The Morgan fingerprint density at radius 2 is 1.27 bits per heavy atom. The zero-order chi connectivity index (χ0) is 18.2. The van der Waals surface area contributed by atoms with Crippen molar-refractivity contribution in [2.75, 3.05) is 6.73 Å². The van der Waals surface area contributed by atoms with Gasteiger partial charge in [-0.2, -0.15) is 0 Å². The lowest BCUT2D eigenvalue weighted by Crippen LogP contribution is -2.27. The number of carbonyl (C=O) groups is 1. The third-order valence-electron chi connectivity index (χ3n) is 4.02. The Labute approximate surface area is 153 Å². The van der Waals surface area contributed by atoms with Crippen LogP contribution in [0.5, 0.6) is 5.75 Å². The number of para-hydroxylation sites is 1. The maximum atomic E-state index is 11.4. The van der Waals surface area contributed by atoms with Crippen molar-refractivity contribution in [1.82, 2.24) is 4.90 Å². The van der Waals surface area contributed by atoms with Gasteiger partial charge in [0.15, 0.2) is 0 Å². The van der Waals surface area contributed by atoms with Gasteiger partial charge in [-0.1, -0.05) is 72.8 Å². The highest BCUT2D eigenvalue weighted by atomic mass is 16.5. The van der Waals surface area contributed by atoms with E-state index < -0.39 is 5.97 Å². The first-order chi connectivity index (χ1) is 12.7. The molecular formula is C22H21NO3. The van der Waals surface area contributed by atoms with Gasteiger partial charge in [-0.25, -0.2) is 4.79 Å². The molecule has 0 aliphatic carbocycles. The third kappa shape index (κ3) is 4.94. The smallest absolute Gasteiger partial charge is 0.339 e. The van der Waals surface area contributed by atoms with Gasteiger partial charge in [0.1, 0.15) is 18.0 Å². The highest BCUT2D eigenvalue weighted by Crippen LogP contribution is 2.19. The molecule has 0 saturated heterocycles. The summed E-state index contributed by atoms with van der Waals surface area (Å²) in [5.41, 5.74) is 2.53. The van der Waals surface area contributed by atoms with Gasteiger partial charge in [-0.05, 0) is 23.3 Å². The predicted octanol–water partition coefficient (Wildman–Crippen LogP) is 4.42. The first-order valence-electron chi connectivity index (χ1n) is 8.48. The Hall–Kier alpha value is -3.11. The fraction of sp³-hybridized carbons (Fsp3) is 0.136. The number of rotatable bonds is 8. The predicted molar refractivity (Wildman–Crippen MR) is 101 cm³/mol. The summed E-state index contributed by atoms with van der Waals surface area (Å²) in [6.07, 6.45) is 0. The molecule has 0 saturated carbocycles. The summed E-state index contributed by atoms with van der Waals surface area (Å²) in [4.78, 5) is 13.5. The van der Waals surface area contributed by atoms with Gasteiger partial charge in [-0.3, -0.25) is 4.90 Å². The minimum atomic E-state index is -0.988. The van der Waals surface area contributed by atoms with Crippen molar-refractivity contribution in [2.45, 2.75) is 13.1 Å². The van der Waals surface area contributed by atoms with Crippen molar-refractivity contribution >= 4 is 5.97 Å². The van der Waals surface area contributed by atoms with Gasteiger partial charge in [0.05, 0.1) is 0 Å². The molecule has 1 N–H and O–H groups in total. The lowest BCUT2D eigenvalue weighted by molar-refractivity contribution is 0.0681. The number of nitrogens with zero attached hydrogens (tertiary/aromatic N) is 1. The molecule has 132 valence electrons. The van der Waals surface area contributed by atoms with Crippen LogP contribution >= 0.6 is 0 Å². The topological polar surface area (TPSA) is 49.8 Å². The number of benzene rings is 3. The lowest BCUT2D eigenvalue weighted by Gasteiger charge is -2.23. The maximum absolute atomic E-state index is 11.4. The summed E-state index contributed by atoms with van der Waals surface area (Å²) in [7, 11) is 0. The first-order valence-corrected chi connectivity index (χ1v) is 8.48. The minimum absolute atomic E-state index is 0.173. The van der Waals surface area contributed by atoms with Crippen molar-refractivity contribution in [3.63, 3.8) is 0 Å². The monoisotopic (exact) mass is 347 g/mol. The molecule has 0 amide bonds. The highest BCUT2D eigenvalue weighted by molar-refractivity contribution is 5.90. The van der Waals surface area contributed by atoms with Crippen LogP contribution in [0, 0.1) is 0 Å². The molecule has 4 heteroatoms. The first kappa shape index (κ1) is 17.7. The van der Waals surface area contributed by atoms with Crippen molar-refractivity contribution in [1.29, 1.82) is 0 Å². The molecule has 0 atom stereocenters. The Balaban J connectivity index is 1.74. The standard InChI is InChI=1S/C22H21NO3/c24-22(25)20-13-7-8-14-21(20)26-17-23(15-18-9-3-1-4-10-18)16-19-11-5-2-6-12-19/h1-14H,15-17H2,(H,24,25). The summed E-state index contributed by atoms with van der Waals surface area (Å²) >= 11 is 0. The van der Waals surface area contributed by atoms with Crippen molar-refractivity contribution in [2.24, 2.45) is 0 Å². The molecule has 0 fully saturated rings. The summed E-state index contributed by atoms with van der Waals surface area (Å²) in [5.74, 6) is -0.607. The molecule has 0 aliphatic heterocycles. The number of carboxylic acid groups (broad SMARTS) is 1. The Bertz CT molecular complexity index is 793. The van der Waals surface area contributed by atoms with Crippen LogP contribution in [0.1, 0.15) is 21.5 Å². The second-order valence-electron chi connectivity index (χ2n) is 6.03. The van der Waals surface area contributed by atoms with Crippen LogP contribution in [-0.2, 0) is 13.1 Å². The number of hydrogen-bond acceptors (Lipinski definition) is 3. The number of aromatic carboxylic acids is 1. The van der Waals surface area contributed by atoms with E-state index in [-0.39, 0.29) is 5.56 Å². The van der Waals surface area contributed by atoms with Crippen LogP contribution in [-0.4, -0.2) is 22.7 Å². The number of carboxylic acids is 1. The Kier molecular flexibility index (Phi) is 6.01. The number of hydrogen-bond donors (Lipinski definition) is 1. The van der Waals surface area contributed by atoms with Crippen LogP contribution < -0.4 is 4.74 Å². The Morgan fingerprint density at radius 1 is 0.769 bits per heavy atom. The average Bonchev–Trinajstić information content (AvgIpc) is 2.68. The molecule has 0 heterocycles. The van der Waals surface area contributed by atoms with E-state index in [0.717, 1.165) is 0 Å². The highest BCUT2D eigenvalue weighted by Gasteiger charge is 2.13. The zero-order valence-corrected chi connectivity index (χ0v) is 14.4. The van der Waals surface area contributed by atoms with Gasteiger partial charge >= 0.3 is 5.97 Å². The normalized spacial score (nSPS) is 10.7. The molecule has 3 rings (SSSR count). The second kappa shape index (κ2) is 8.83. The van der Waals surface area contributed by atoms with Gasteiger partial charge in [0, 0.05) is 13.1 Å². The molecule has 0 bridgehead atoms. The fourth-order valence-corrected chi connectivity index (χ4v) is 2.76. The van der Waals surface area contributed by atoms with E-state index in [1.165, 1.54) is 11.1 Å². The summed E-state index contributed by atoms with van der Waals surface area (Å²) in [6.45, 7) is 1.73. The van der Waals surface area contributed by atoms with E-state index in [9.17, 15) is 9.90 Å². The van der Waals surface area contributed by atoms with Crippen molar-refractivity contribution in [3.8, 4) is 5.75 Å². The van der Waals surface area contributed by atoms with E-state index in [1.807, 2.05) is 36.4 Å². The second-order valence-corrected chi connectivity index (χ2v) is 6.03. The number of ether oxygens (including phenoxy) is 1. The molecule has 3 aromatic rings. The maximum Gasteiger partial charge on any atom is 0.339 e. The lowest BCUT2D eigenvalue weighted by atomic mass is 10.2. The summed E-state index contributed by atoms with van der Waals surface area (Å²) in [5, 5.41) is 9.31. The minimum Gasteiger partial charge on any atom is -0.478 e. The average molecular weight is 347 g/mol. The van der Waals surface area contributed by atoms with E-state index in [2.05, 4.69) is 29.2 Å². The van der Waals surface area contributed by atoms with E-state index in [4.69, 9.17) is 4.74 Å². The third-order valence-corrected chi connectivity index (χ3v) is 4.02. The van der Waals surface area contributed by atoms with E-state index in [1.54, 1.807) is 24.3 Å². The Morgan fingerprint density at radius 3 is 1.81 bits per heavy atom. The largest absolute Gasteiger partial charge is 0.478 e. The van der Waals surface area contributed by atoms with Crippen LogP contribution in [0.15, 0.2) is 84.9 Å². The molecule has 0 aromatic heterocycles. The summed E-state index contributed by atoms with van der Waals surface area (Å²) < 4.78 is 5.85. The van der Waals surface area contributed by atoms with Gasteiger partial charge in [0.25, 0.3) is 0 Å². The molecule has 4 nitrogen and oxygen atoms in total. The molecule has 0 radical (unpaired) electrons. The van der Waals surface area contributed by atoms with Crippen LogP contribution in [0.25, 0.3) is 0 Å². The molecule has 3 aromatic carbocycles. The molecular weight excluding hydrogens is 326 g/mol. The SMILES string of the molecule is O=C(O)c1ccccc1OCN(Cc1ccccc1)Cc1ccccc1. The zero-order valence-electron chi connectivity index (χ0n) is 14.4. The van der Waals surface area contributed by atoms with Crippen LogP contribution in [0.4, 0.5) is 0 Å². The summed E-state index contributed by atoms with van der Waals surface area (Å²) in [6, 6.07) is 27.0. The fourth-order valence-electron chi connectivity index (χ4n) is 2.76. The quantitative estimate of drug-likeness (QED) is 0.613. The van der Waals surface area contributed by atoms with Gasteiger partial charge in [0.2, 0.25) is 0 Å². The molecule has 0 spiro atoms. The van der Waals surface area contributed by atoms with Gasteiger partial charge in [-0.15, -0.1) is 0 Å². The van der Waals surface area contributed by atoms with Crippen LogP contribution in [0.3, 0.4) is 0 Å². The van der Waals surface area contributed by atoms with E-state index >= 15 is 0 Å². The molecule has 26 heavy (non-hydrogen) atoms. The molecule has 0 unspecified atom stereocenters. The van der Waals surface area contributed by atoms with Crippen molar-refractivity contribution in [3.05, 3.63) is 102 Å². The van der Waals surface area contributed by atoms with Gasteiger partial charge < -0.3 is 9.84 Å². The van der Waals surface area contributed by atoms with E-state index in [0.29, 0.717) is 25.6 Å². The van der Waals surface area contributed by atoms with Crippen LogP contribution in [0.2, 0.25) is 0 Å².